The van der Waals surface area contributed by atoms with Crippen molar-refractivity contribution >= 4 is 15.9 Å². The predicted molar refractivity (Wildman–Crippen MR) is 80.5 cm³/mol. The zero-order valence-corrected chi connectivity index (χ0v) is 12.9. The lowest BCUT2D eigenvalue weighted by Gasteiger charge is -2.03. The number of hydrogen-bond acceptors (Lipinski definition) is 4. The van der Waals surface area contributed by atoms with Gasteiger partial charge in [-0.3, -0.25) is 0 Å². The van der Waals surface area contributed by atoms with E-state index in [0.29, 0.717) is 0 Å². The summed E-state index contributed by atoms with van der Waals surface area (Å²) in [6, 6.07) is 8.21. The van der Waals surface area contributed by atoms with Gasteiger partial charge in [0.25, 0.3) is 0 Å². The maximum absolute atomic E-state index is 5.33. The molecule has 1 aromatic carbocycles. The van der Waals surface area contributed by atoms with Crippen LogP contribution in [0, 0.1) is 5.92 Å². The molecule has 106 valence electrons. The molecule has 1 aliphatic rings. The largest absolute Gasteiger partial charge is 0.339 e. The molecule has 3 rings (SSSR count). The Hall–Kier alpha value is -1.20. The van der Waals surface area contributed by atoms with E-state index in [1.165, 1.54) is 12.0 Å². The molecule has 0 spiro atoms. The maximum Gasteiger partial charge on any atom is 0.226 e. The van der Waals surface area contributed by atoms with Gasteiger partial charge in [0.15, 0.2) is 5.82 Å². The fourth-order valence-electron chi connectivity index (χ4n) is 2.54. The second-order valence-corrected chi connectivity index (χ2v) is 6.22. The van der Waals surface area contributed by atoms with E-state index in [2.05, 4.69) is 43.5 Å². The highest BCUT2D eigenvalue weighted by Crippen LogP contribution is 2.16. The molecule has 0 aliphatic carbocycles. The second kappa shape index (κ2) is 6.50. The zero-order chi connectivity index (χ0) is 13.8. The van der Waals surface area contributed by atoms with E-state index < -0.39 is 0 Å². The third kappa shape index (κ3) is 3.67. The van der Waals surface area contributed by atoms with Crippen molar-refractivity contribution in [2.24, 2.45) is 5.92 Å². The van der Waals surface area contributed by atoms with Gasteiger partial charge in [0.05, 0.1) is 0 Å². The number of rotatable bonds is 5. The van der Waals surface area contributed by atoms with Gasteiger partial charge in [-0.2, -0.15) is 4.98 Å². The Labute approximate surface area is 127 Å². The summed E-state index contributed by atoms with van der Waals surface area (Å²) >= 11 is 3.43. The molecule has 0 radical (unpaired) electrons. The Balaban J connectivity index is 1.54. The number of benzene rings is 1. The Bertz CT molecular complexity index is 547. The van der Waals surface area contributed by atoms with Gasteiger partial charge >= 0.3 is 0 Å². The minimum absolute atomic E-state index is 0.724. The summed E-state index contributed by atoms with van der Waals surface area (Å²) in [5.41, 5.74) is 1.19. The van der Waals surface area contributed by atoms with Crippen LogP contribution in [0.1, 0.15) is 30.1 Å². The molecule has 5 heteroatoms. The predicted octanol–water partition coefficient (Wildman–Crippen LogP) is 2.97. The van der Waals surface area contributed by atoms with Gasteiger partial charge in [-0.15, -0.1) is 0 Å². The van der Waals surface area contributed by atoms with Gasteiger partial charge in [0, 0.05) is 17.3 Å². The lowest BCUT2D eigenvalue weighted by atomic mass is 10.0. The van der Waals surface area contributed by atoms with Crippen molar-refractivity contribution in [3.05, 3.63) is 46.0 Å². The topological polar surface area (TPSA) is 51.0 Å². The van der Waals surface area contributed by atoms with Crippen LogP contribution in [-0.2, 0) is 12.8 Å². The van der Waals surface area contributed by atoms with Gasteiger partial charge in [-0.1, -0.05) is 33.2 Å². The summed E-state index contributed by atoms with van der Waals surface area (Å²) in [5.74, 6) is 2.30. The molecule has 1 atom stereocenters. The van der Waals surface area contributed by atoms with Crippen molar-refractivity contribution in [2.75, 3.05) is 13.1 Å². The van der Waals surface area contributed by atoms with E-state index in [-0.39, 0.29) is 0 Å². The fraction of sp³-hybridized carbons (Fsp3) is 0.467. The molecule has 1 fully saturated rings. The number of hydrogen-bond donors (Lipinski definition) is 1. The van der Waals surface area contributed by atoms with E-state index in [9.17, 15) is 0 Å². The average Bonchev–Trinajstić information content (AvgIpc) is 3.10. The molecule has 4 nitrogen and oxygen atoms in total. The first kappa shape index (κ1) is 13.8. The molecule has 2 aromatic rings. The molecule has 0 bridgehead atoms. The molecular formula is C15H18BrN3O. The van der Waals surface area contributed by atoms with Crippen molar-refractivity contribution in [2.45, 2.75) is 25.7 Å². The van der Waals surface area contributed by atoms with Gasteiger partial charge in [0.1, 0.15) is 0 Å². The number of aryl methyl sites for hydroxylation is 1. The van der Waals surface area contributed by atoms with Crippen molar-refractivity contribution in [1.82, 2.24) is 15.5 Å². The van der Waals surface area contributed by atoms with Crippen molar-refractivity contribution < 1.29 is 4.52 Å². The average molecular weight is 336 g/mol. The molecule has 0 amide bonds. The fourth-order valence-corrected chi connectivity index (χ4v) is 2.80. The first-order valence-electron chi connectivity index (χ1n) is 7.06. The zero-order valence-electron chi connectivity index (χ0n) is 11.3. The molecule has 1 saturated heterocycles. The Kier molecular flexibility index (Phi) is 4.47. The third-order valence-corrected chi connectivity index (χ3v) is 4.24. The van der Waals surface area contributed by atoms with Crippen LogP contribution in [0.3, 0.4) is 0 Å². The second-order valence-electron chi connectivity index (χ2n) is 5.31. The summed E-state index contributed by atoms with van der Waals surface area (Å²) in [6.07, 6.45) is 4.01. The lowest BCUT2D eigenvalue weighted by Crippen LogP contribution is -2.09. The normalized spacial score (nSPS) is 18.6. The SMILES string of the molecule is Brc1ccc(Cc2noc(CCC3CCNC3)n2)cc1. The Morgan fingerprint density at radius 2 is 2.15 bits per heavy atom. The van der Waals surface area contributed by atoms with Crippen LogP contribution in [-0.4, -0.2) is 23.2 Å². The van der Waals surface area contributed by atoms with Crippen LogP contribution >= 0.6 is 15.9 Å². The standard InChI is InChI=1S/C15H18BrN3O/c16-13-4-1-11(2-5-13)9-14-18-15(20-19-14)6-3-12-7-8-17-10-12/h1-2,4-5,12,17H,3,6-10H2. The molecule has 2 heterocycles. The van der Waals surface area contributed by atoms with E-state index >= 15 is 0 Å². The lowest BCUT2D eigenvalue weighted by molar-refractivity contribution is 0.361. The highest BCUT2D eigenvalue weighted by atomic mass is 79.9. The highest BCUT2D eigenvalue weighted by molar-refractivity contribution is 9.10. The van der Waals surface area contributed by atoms with Crippen LogP contribution in [0.5, 0.6) is 0 Å². The number of nitrogens with zero attached hydrogens (tertiary/aromatic N) is 2. The van der Waals surface area contributed by atoms with Crippen molar-refractivity contribution in [3.8, 4) is 0 Å². The molecule has 1 aliphatic heterocycles. The van der Waals surface area contributed by atoms with Gasteiger partial charge in [-0.25, -0.2) is 0 Å². The van der Waals surface area contributed by atoms with E-state index in [4.69, 9.17) is 4.52 Å². The van der Waals surface area contributed by atoms with Gasteiger partial charge in [-0.05, 0) is 49.5 Å². The van der Waals surface area contributed by atoms with Gasteiger partial charge in [0.2, 0.25) is 5.89 Å². The summed E-state index contributed by atoms with van der Waals surface area (Å²) in [4.78, 5) is 4.48. The Morgan fingerprint density at radius 3 is 2.90 bits per heavy atom. The molecule has 1 aromatic heterocycles. The molecule has 1 unspecified atom stereocenters. The van der Waals surface area contributed by atoms with E-state index in [0.717, 1.165) is 54.5 Å². The third-order valence-electron chi connectivity index (χ3n) is 3.71. The molecule has 0 saturated carbocycles. The van der Waals surface area contributed by atoms with E-state index in [1.54, 1.807) is 0 Å². The van der Waals surface area contributed by atoms with Crippen LogP contribution in [0.25, 0.3) is 0 Å². The highest BCUT2D eigenvalue weighted by Gasteiger charge is 2.16. The summed E-state index contributed by atoms with van der Waals surface area (Å²) in [7, 11) is 0. The molecule has 20 heavy (non-hydrogen) atoms. The number of nitrogens with one attached hydrogen (secondary N) is 1. The first-order valence-corrected chi connectivity index (χ1v) is 7.85. The van der Waals surface area contributed by atoms with Crippen LogP contribution < -0.4 is 5.32 Å². The molecular weight excluding hydrogens is 318 g/mol. The van der Waals surface area contributed by atoms with E-state index in [1.807, 2.05) is 12.1 Å². The number of halogens is 1. The summed E-state index contributed by atoms with van der Waals surface area (Å²) in [6.45, 7) is 2.27. The smallest absolute Gasteiger partial charge is 0.226 e. The monoisotopic (exact) mass is 335 g/mol. The number of aromatic nitrogens is 2. The quantitative estimate of drug-likeness (QED) is 0.912. The minimum atomic E-state index is 0.724. The molecule has 1 N–H and O–H groups in total. The summed E-state index contributed by atoms with van der Waals surface area (Å²) < 4.78 is 6.41. The van der Waals surface area contributed by atoms with Crippen LogP contribution in [0.15, 0.2) is 33.3 Å². The van der Waals surface area contributed by atoms with Crippen LogP contribution in [0.4, 0.5) is 0 Å². The van der Waals surface area contributed by atoms with Gasteiger partial charge < -0.3 is 9.84 Å². The summed E-state index contributed by atoms with van der Waals surface area (Å²) in [5, 5.41) is 7.45. The Morgan fingerprint density at radius 1 is 1.30 bits per heavy atom. The van der Waals surface area contributed by atoms with Crippen molar-refractivity contribution in [1.29, 1.82) is 0 Å². The first-order chi connectivity index (χ1) is 9.79. The minimum Gasteiger partial charge on any atom is -0.339 e. The van der Waals surface area contributed by atoms with Crippen molar-refractivity contribution in [3.63, 3.8) is 0 Å². The van der Waals surface area contributed by atoms with Crippen LogP contribution in [0.2, 0.25) is 0 Å². The maximum atomic E-state index is 5.33.